The Morgan fingerprint density at radius 1 is 1.18 bits per heavy atom. The van der Waals surface area contributed by atoms with Crippen molar-refractivity contribution in [2.24, 2.45) is 5.11 Å². The zero-order chi connectivity index (χ0) is 26.5. The van der Waals surface area contributed by atoms with Crippen LogP contribution in [0.5, 0.6) is 0 Å². The number of hydrogen-bond donors (Lipinski definition) is 1. The zero-order valence-electron chi connectivity index (χ0n) is 20.7. The first-order valence-corrected chi connectivity index (χ1v) is 13.9. The fourth-order valence-electron chi connectivity index (χ4n) is 4.41. The summed E-state index contributed by atoms with van der Waals surface area (Å²) >= 11 is 2.89. The van der Waals surface area contributed by atoms with Crippen molar-refractivity contribution in [1.29, 1.82) is 0 Å². The quantitative estimate of drug-likeness (QED) is 0.0900. The van der Waals surface area contributed by atoms with Crippen LogP contribution in [0.2, 0.25) is 0 Å². The van der Waals surface area contributed by atoms with Gasteiger partial charge in [0.05, 0.1) is 16.8 Å². The van der Waals surface area contributed by atoms with Gasteiger partial charge in [-0.15, -0.1) is 11.3 Å². The van der Waals surface area contributed by atoms with Gasteiger partial charge in [0.25, 0.3) is 5.91 Å². The van der Waals surface area contributed by atoms with Crippen LogP contribution in [-0.4, -0.2) is 41.5 Å². The molecule has 2 aromatic heterocycles. The van der Waals surface area contributed by atoms with E-state index in [4.69, 9.17) is 10.3 Å². The van der Waals surface area contributed by atoms with E-state index in [1.54, 1.807) is 6.92 Å². The summed E-state index contributed by atoms with van der Waals surface area (Å²) in [5.74, 6) is -0.657. The molecule has 0 aliphatic carbocycles. The van der Waals surface area contributed by atoms with E-state index in [1.807, 2.05) is 42.5 Å². The molecule has 2 aromatic carbocycles. The summed E-state index contributed by atoms with van der Waals surface area (Å²) in [4.78, 5) is 40.8. The minimum Gasteiger partial charge on any atom is -0.461 e. The van der Waals surface area contributed by atoms with Gasteiger partial charge in [-0.1, -0.05) is 40.7 Å². The number of hydrogen-bond acceptors (Lipinski definition) is 9. The second-order valence-corrected chi connectivity index (χ2v) is 10.7. The van der Waals surface area contributed by atoms with Crippen molar-refractivity contribution in [3.8, 4) is 0 Å². The summed E-state index contributed by atoms with van der Waals surface area (Å²) in [6.07, 6.45) is 1.92. The highest BCUT2D eigenvalue weighted by molar-refractivity contribution is 7.22. The Kier molecular flexibility index (Phi) is 7.83. The molecule has 0 fully saturated rings. The molecule has 10 nitrogen and oxygen atoms in total. The number of aromatic nitrogens is 2. The molecule has 38 heavy (non-hydrogen) atoms. The van der Waals surface area contributed by atoms with Crippen LogP contribution in [0, 0.1) is 0 Å². The number of thiazole rings is 2. The predicted molar refractivity (Wildman–Crippen MR) is 149 cm³/mol. The van der Waals surface area contributed by atoms with Gasteiger partial charge in [-0.3, -0.25) is 10.1 Å². The highest BCUT2D eigenvalue weighted by atomic mass is 32.1. The summed E-state index contributed by atoms with van der Waals surface area (Å²) in [6.45, 7) is 3.57. The number of amides is 1. The van der Waals surface area contributed by atoms with Crippen molar-refractivity contribution in [2.75, 3.05) is 29.9 Å². The molecule has 4 aromatic rings. The summed E-state index contributed by atoms with van der Waals surface area (Å²) < 4.78 is 6.24. The number of ether oxygens (including phenoxy) is 1. The Morgan fingerprint density at radius 3 is 2.87 bits per heavy atom. The van der Waals surface area contributed by atoms with Crippen LogP contribution in [-0.2, 0) is 24.1 Å². The second-order valence-electron chi connectivity index (χ2n) is 8.60. The molecule has 3 heterocycles. The Balaban J connectivity index is 1.38. The van der Waals surface area contributed by atoms with Crippen molar-refractivity contribution < 1.29 is 14.3 Å². The molecule has 1 N–H and O–H groups in total. The third kappa shape index (κ3) is 5.47. The maximum Gasteiger partial charge on any atom is 0.358 e. The smallest absolute Gasteiger partial charge is 0.358 e. The Hall–Kier alpha value is -3.99. The number of benzene rings is 2. The van der Waals surface area contributed by atoms with E-state index in [9.17, 15) is 9.59 Å². The number of nitrogens with zero attached hydrogens (tertiary/aromatic N) is 6. The van der Waals surface area contributed by atoms with Crippen LogP contribution in [0.4, 0.5) is 10.3 Å². The molecular formula is C26H25N7O3S2. The van der Waals surface area contributed by atoms with Gasteiger partial charge in [0.2, 0.25) is 0 Å². The number of rotatable bonds is 9. The normalized spacial score (nSPS) is 12.6. The Labute approximate surface area is 226 Å². The lowest BCUT2D eigenvalue weighted by molar-refractivity contribution is 0.0519. The second kappa shape index (κ2) is 11.6. The van der Waals surface area contributed by atoms with Gasteiger partial charge in [0.1, 0.15) is 0 Å². The minimum absolute atomic E-state index is 0.201. The van der Waals surface area contributed by atoms with E-state index in [1.165, 1.54) is 22.7 Å². The number of esters is 1. The molecular weight excluding hydrogens is 522 g/mol. The number of carbonyl (C=O) groups is 2. The molecule has 194 valence electrons. The lowest BCUT2D eigenvalue weighted by Crippen LogP contribution is -2.32. The fraction of sp³-hybridized carbons (Fsp3) is 0.308. The highest BCUT2D eigenvalue weighted by Crippen LogP contribution is 2.33. The van der Waals surface area contributed by atoms with E-state index in [-0.39, 0.29) is 12.5 Å². The summed E-state index contributed by atoms with van der Waals surface area (Å²) in [5.41, 5.74) is 12.4. The number of aryl methyl sites for hydroxylation is 1. The van der Waals surface area contributed by atoms with Crippen LogP contribution < -0.4 is 10.2 Å². The number of carbonyl (C=O) groups excluding carboxylic acids is 2. The number of anilines is 2. The summed E-state index contributed by atoms with van der Waals surface area (Å²) in [5, 5.41) is 7.82. The first-order valence-electron chi connectivity index (χ1n) is 12.3. The van der Waals surface area contributed by atoms with Crippen LogP contribution in [0.3, 0.4) is 0 Å². The van der Waals surface area contributed by atoms with Crippen molar-refractivity contribution in [1.82, 2.24) is 9.97 Å². The van der Waals surface area contributed by atoms with Gasteiger partial charge >= 0.3 is 5.97 Å². The number of azide groups is 1. The molecule has 0 saturated heterocycles. The van der Waals surface area contributed by atoms with E-state index in [2.05, 4.69) is 30.2 Å². The van der Waals surface area contributed by atoms with Gasteiger partial charge in [-0.2, -0.15) is 0 Å². The third-order valence-electron chi connectivity index (χ3n) is 6.18. The molecule has 0 unspecified atom stereocenters. The molecule has 1 aliphatic heterocycles. The van der Waals surface area contributed by atoms with Crippen LogP contribution >= 0.6 is 22.7 Å². The van der Waals surface area contributed by atoms with Crippen molar-refractivity contribution in [3.63, 3.8) is 0 Å². The first-order chi connectivity index (χ1) is 18.6. The highest BCUT2D eigenvalue weighted by Gasteiger charge is 2.27. The van der Waals surface area contributed by atoms with E-state index in [0.29, 0.717) is 54.0 Å². The molecule has 0 saturated carbocycles. The minimum atomic E-state index is -0.456. The maximum atomic E-state index is 13.3. The van der Waals surface area contributed by atoms with E-state index in [0.717, 1.165) is 32.6 Å². The van der Waals surface area contributed by atoms with Crippen LogP contribution in [0.25, 0.3) is 20.7 Å². The monoisotopic (exact) mass is 547 g/mol. The molecule has 12 heteroatoms. The van der Waals surface area contributed by atoms with E-state index < -0.39 is 5.97 Å². The average molecular weight is 548 g/mol. The number of para-hydroxylation sites is 1. The Bertz CT molecular complexity index is 1510. The summed E-state index contributed by atoms with van der Waals surface area (Å²) in [6, 6.07) is 13.6. The van der Waals surface area contributed by atoms with Gasteiger partial charge < -0.3 is 9.64 Å². The lowest BCUT2D eigenvalue weighted by atomic mass is 9.94. The maximum absolute atomic E-state index is 13.3. The fourth-order valence-corrected chi connectivity index (χ4v) is 6.38. The molecule has 0 bridgehead atoms. The Morgan fingerprint density at radius 2 is 2.05 bits per heavy atom. The predicted octanol–water partition coefficient (Wildman–Crippen LogP) is 5.99. The van der Waals surface area contributed by atoms with E-state index >= 15 is 0 Å². The standard InChI is InChI=1S/C26H25N7O3S2/c1-2-36-24(35)22-21(11-6-13-28-32-27)38-26(30-22)33-14-12-16-7-5-8-17(18(16)15-33)23(34)31-25-29-19-9-3-4-10-20(19)37-25/h3-5,7-10H,2,6,11-15H2,1H3,(H,29,31,34). The topological polar surface area (TPSA) is 133 Å². The average Bonchev–Trinajstić information content (AvgIpc) is 3.54. The molecule has 0 atom stereocenters. The van der Waals surface area contributed by atoms with Gasteiger partial charge in [0.15, 0.2) is 16.0 Å². The van der Waals surface area contributed by atoms with Crippen molar-refractivity contribution >= 4 is 55.0 Å². The molecule has 1 aliphatic rings. The van der Waals surface area contributed by atoms with Crippen molar-refractivity contribution in [3.05, 3.63) is 80.2 Å². The zero-order valence-corrected chi connectivity index (χ0v) is 22.3. The van der Waals surface area contributed by atoms with Crippen LogP contribution in [0.15, 0.2) is 47.6 Å². The van der Waals surface area contributed by atoms with Crippen molar-refractivity contribution in [2.45, 2.75) is 32.7 Å². The third-order valence-corrected chi connectivity index (χ3v) is 8.31. The number of fused-ring (bicyclic) bond motifs is 2. The van der Waals surface area contributed by atoms with Gasteiger partial charge in [-0.25, -0.2) is 14.8 Å². The van der Waals surface area contributed by atoms with Gasteiger partial charge in [0, 0.05) is 35.0 Å². The molecule has 0 radical (unpaired) electrons. The largest absolute Gasteiger partial charge is 0.461 e. The summed E-state index contributed by atoms with van der Waals surface area (Å²) in [7, 11) is 0. The molecule has 1 amide bonds. The van der Waals surface area contributed by atoms with Gasteiger partial charge in [-0.05, 0) is 61.0 Å². The molecule has 5 rings (SSSR count). The lowest BCUT2D eigenvalue weighted by Gasteiger charge is -2.29. The SMILES string of the molecule is CCOC(=O)c1nc(N2CCc3cccc(C(=O)Nc4nc5ccccc5s4)c3C2)sc1CCCN=[N+]=[N-]. The molecule has 0 spiro atoms. The number of nitrogens with one attached hydrogen (secondary N) is 1. The van der Waals surface area contributed by atoms with Crippen LogP contribution in [0.1, 0.15) is 50.2 Å². The first kappa shape index (κ1) is 25.7.